The Balaban J connectivity index is 0.00000289. The predicted octanol–water partition coefficient (Wildman–Crippen LogP) is 3.70. The zero-order chi connectivity index (χ0) is 13.0. The van der Waals surface area contributed by atoms with Crippen molar-refractivity contribution in [2.45, 2.75) is 13.8 Å². The molecule has 1 rings (SSSR count). The summed E-state index contributed by atoms with van der Waals surface area (Å²) in [7, 11) is 0. The van der Waals surface area contributed by atoms with Gasteiger partial charge in [0.05, 0.1) is 11.4 Å². The average Bonchev–Trinajstić information content (AvgIpc) is 2.25. The van der Waals surface area contributed by atoms with E-state index in [1.807, 2.05) is 32.2 Å². The second-order valence-electron chi connectivity index (χ2n) is 4.03. The monoisotopic (exact) mass is 352 g/mol. The van der Waals surface area contributed by atoms with Gasteiger partial charge in [0.25, 0.3) is 0 Å². The molecule has 1 aromatic rings. The van der Waals surface area contributed by atoms with Crippen molar-refractivity contribution in [3.63, 3.8) is 0 Å². The molecule has 0 radical (unpaired) electrons. The fourth-order valence-electron chi connectivity index (χ4n) is 1.44. The zero-order valence-electron chi connectivity index (χ0n) is 10.6. The molecule has 102 valence electrons. The average molecular weight is 354 g/mol. The number of aryl methyl sites for hydroxylation is 1. The lowest BCUT2D eigenvalue weighted by Gasteiger charge is -2.14. The SMILES string of the molecule is CSCC(C)C(=O)Nc1cc(Br)cc(C)c1N.Cl. The molecule has 0 saturated heterocycles. The molecule has 0 fully saturated rings. The molecule has 1 atom stereocenters. The summed E-state index contributed by atoms with van der Waals surface area (Å²) in [5.41, 5.74) is 8.18. The molecule has 0 aliphatic carbocycles. The normalized spacial score (nSPS) is 11.6. The molecule has 6 heteroatoms. The maximum Gasteiger partial charge on any atom is 0.228 e. The third-order valence-corrected chi connectivity index (χ3v) is 3.76. The van der Waals surface area contributed by atoms with Crippen molar-refractivity contribution < 1.29 is 4.79 Å². The molecule has 0 spiro atoms. The Kier molecular flexibility index (Phi) is 7.75. The molecule has 0 aliphatic rings. The van der Waals surface area contributed by atoms with E-state index in [9.17, 15) is 4.79 Å². The van der Waals surface area contributed by atoms with Crippen LogP contribution in [0.2, 0.25) is 0 Å². The second kappa shape index (κ2) is 7.92. The maximum absolute atomic E-state index is 11.9. The Labute approximate surface area is 127 Å². The number of thioether (sulfide) groups is 1. The Morgan fingerprint density at radius 3 is 2.72 bits per heavy atom. The van der Waals surface area contributed by atoms with Crippen molar-refractivity contribution >= 4 is 57.4 Å². The third-order valence-electron chi connectivity index (χ3n) is 2.47. The number of amides is 1. The molecule has 1 unspecified atom stereocenters. The van der Waals surface area contributed by atoms with Crippen molar-refractivity contribution in [3.05, 3.63) is 22.2 Å². The molecule has 3 N–H and O–H groups in total. The maximum atomic E-state index is 11.9. The third kappa shape index (κ3) is 4.71. The second-order valence-corrected chi connectivity index (χ2v) is 5.86. The van der Waals surface area contributed by atoms with E-state index < -0.39 is 0 Å². The first-order valence-electron chi connectivity index (χ1n) is 5.31. The smallest absolute Gasteiger partial charge is 0.228 e. The molecule has 0 heterocycles. The van der Waals surface area contributed by atoms with Crippen molar-refractivity contribution in [2.75, 3.05) is 23.1 Å². The summed E-state index contributed by atoms with van der Waals surface area (Å²) in [4.78, 5) is 11.9. The van der Waals surface area contributed by atoms with Crippen molar-refractivity contribution in [3.8, 4) is 0 Å². The van der Waals surface area contributed by atoms with E-state index in [1.165, 1.54) is 0 Å². The summed E-state index contributed by atoms with van der Waals surface area (Å²) in [6, 6.07) is 3.75. The number of anilines is 2. The number of nitrogens with two attached hydrogens (primary N) is 1. The highest BCUT2D eigenvalue weighted by atomic mass is 79.9. The van der Waals surface area contributed by atoms with Gasteiger partial charge >= 0.3 is 0 Å². The summed E-state index contributed by atoms with van der Waals surface area (Å²) >= 11 is 5.05. The summed E-state index contributed by atoms with van der Waals surface area (Å²) in [5, 5.41) is 2.87. The highest BCUT2D eigenvalue weighted by molar-refractivity contribution is 9.10. The van der Waals surface area contributed by atoms with Crippen LogP contribution in [-0.4, -0.2) is 17.9 Å². The largest absolute Gasteiger partial charge is 0.397 e. The predicted molar refractivity (Wildman–Crippen MR) is 86.7 cm³/mol. The minimum Gasteiger partial charge on any atom is -0.397 e. The molecule has 0 bridgehead atoms. The molecular formula is C12H18BrClN2OS. The van der Waals surface area contributed by atoms with Gasteiger partial charge in [-0.2, -0.15) is 11.8 Å². The Morgan fingerprint density at radius 2 is 2.17 bits per heavy atom. The highest BCUT2D eigenvalue weighted by Crippen LogP contribution is 2.28. The first-order chi connectivity index (χ1) is 7.95. The lowest BCUT2D eigenvalue weighted by Crippen LogP contribution is -2.22. The van der Waals surface area contributed by atoms with E-state index in [-0.39, 0.29) is 24.2 Å². The molecule has 0 aliphatic heterocycles. The van der Waals surface area contributed by atoms with Gasteiger partial charge in [-0.3, -0.25) is 4.79 Å². The van der Waals surface area contributed by atoms with Gasteiger partial charge in [0.2, 0.25) is 5.91 Å². The van der Waals surface area contributed by atoms with Crippen LogP contribution in [-0.2, 0) is 4.79 Å². The molecule has 0 saturated carbocycles. The van der Waals surface area contributed by atoms with Gasteiger partial charge in [-0.25, -0.2) is 0 Å². The number of rotatable bonds is 4. The van der Waals surface area contributed by atoms with Crippen LogP contribution in [0.15, 0.2) is 16.6 Å². The molecule has 0 aromatic heterocycles. The molecule has 18 heavy (non-hydrogen) atoms. The number of hydrogen-bond acceptors (Lipinski definition) is 3. The van der Waals surface area contributed by atoms with Crippen LogP contribution in [0.4, 0.5) is 11.4 Å². The number of nitrogens with one attached hydrogen (secondary N) is 1. The number of carbonyl (C=O) groups is 1. The van der Waals surface area contributed by atoms with Crippen LogP contribution in [0.25, 0.3) is 0 Å². The van der Waals surface area contributed by atoms with Crippen LogP contribution < -0.4 is 11.1 Å². The zero-order valence-corrected chi connectivity index (χ0v) is 13.8. The highest BCUT2D eigenvalue weighted by Gasteiger charge is 2.14. The lowest BCUT2D eigenvalue weighted by molar-refractivity contribution is -0.118. The Bertz CT molecular complexity index is 429. The van der Waals surface area contributed by atoms with E-state index in [0.29, 0.717) is 11.4 Å². The Morgan fingerprint density at radius 1 is 1.56 bits per heavy atom. The van der Waals surface area contributed by atoms with Crippen LogP contribution in [0.5, 0.6) is 0 Å². The van der Waals surface area contributed by atoms with Gasteiger partial charge in [-0.1, -0.05) is 22.9 Å². The quantitative estimate of drug-likeness (QED) is 0.812. The summed E-state index contributed by atoms with van der Waals surface area (Å²) < 4.78 is 0.914. The van der Waals surface area contributed by atoms with Crippen LogP contribution in [0.3, 0.4) is 0 Å². The van der Waals surface area contributed by atoms with Gasteiger partial charge in [-0.05, 0) is 30.9 Å². The number of benzene rings is 1. The summed E-state index contributed by atoms with van der Waals surface area (Å²) in [6.07, 6.45) is 1.99. The van der Waals surface area contributed by atoms with Gasteiger partial charge < -0.3 is 11.1 Å². The first-order valence-corrected chi connectivity index (χ1v) is 7.49. The first kappa shape index (κ1) is 17.6. The molecule has 1 aromatic carbocycles. The lowest BCUT2D eigenvalue weighted by atomic mass is 10.1. The van der Waals surface area contributed by atoms with Gasteiger partial charge in [0, 0.05) is 16.1 Å². The van der Waals surface area contributed by atoms with Crippen LogP contribution in [0.1, 0.15) is 12.5 Å². The Hall–Kier alpha value is -0.390. The van der Waals surface area contributed by atoms with E-state index >= 15 is 0 Å². The van der Waals surface area contributed by atoms with Crippen molar-refractivity contribution in [2.24, 2.45) is 5.92 Å². The standard InChI is InChI=1S/C12H17BrN2OS.ClH/c1-7-4-9(13)5-10(11(7)14)15-12(16)8(2)6-17-3;/h4-5,8H,6,14H2,1-3H3,(H,15,16);1H. The number of nitrogen functional groups attached to an aromatic ring is 1. The minimum atomic E-state index is -0.0244. The number of carbonyl (C=O) groups excluding carboxylic acids is 1. The van der Waals surface area contributed by atoms with Crippen LogP contribution in [0, 0.1) is 12.8 Å². The fraction of sp³-hybridized carbons (Fsp3) is 0.417. The topological polar surface area (TPSA) is 55.1 Å². The van der Waals surface area contributed by atoms with Crippen molar-refractivity contribution in [1.29, 1.82) is 0 Å². The van der Waals surface area contributed by atoms with E-state index in [1.54, 1.807) is 11.8 Å². The summed E-state index contributed by atoms with van der Waals surface area (Å²) in [6.45, 7) is 3.83. The van der Waals surface area contributed by atoms with Gasteiger partial charge in [-0.15, -0.1) is 12.4 Å². The fourth-order valence-corrected chi connectivity index (χ4v) is 2.66. The molecular weight excluding hydrogens is 336 g/mol. The molecule has 1 amide bonds. The minimum absolute atomic E-state index is 0. The van der Waals surface area contributed by atoms with Gasteiger partial charge in [0.15, 0.2) is 0 Å². The van der Waals surface area contributed by atoms with Gasteiger partial charge in [0.1, 0.15) is 0 Å². The number of hydrogen-bond donors (Lipinski definition) is 2. The van der Waals surface area contributed by atoms with E-state index in [4.69, 9.17) is 5.73 Å². The van der Waals surface area contributed by atoms with Crippen molar-refractivity contribution in [1.82, 2.24) is 0 Å². The molecule has 3 nitrogen and oxygen atoms in total. The van der Waals surface area contributed by atoms with E-state index in [2.05, 4.69) is 21.2 Å². The number of halogens is 2. The van der Waals surface area contributed by atoms with E-state index in [0.717, 1.165) is 15.8 Å². The summed E-state index contributed by atoms with van der Waals surface area (Å²) in [5.74, 6) is 0.783. The van der Waals surface area contributed by atoms with Crippen LogP contribution >= 0.6 is 40.1 Å².